The van der Waals surface area contributed by atoms with Gasteiger partial charge in [0.2, 0.25) is 0 Å². The molecule has 0 atom stereocenters. The Morgan fingerprint density at radius 2 is 1.73 bits per heavy atom. The normalized spacial score (nSPS) is 9.36. The van der Waals surface area contributed by atoms with Crippen LogP contribution in [0.15, 0.2) is 24.3 Å². The molecule has 0 saturated heterocycles. The van der Waals surface area contributed by atoms with Crippen molar-refractivity contribution in [3.63, 3.8) is 0 Å². The summed E-state index contributed by atoms with van der Waals surface area (Å²) in [7, 11) is 0. The summed E-state index contributed by atoms with van der Waals surface area (Å²) in [5.74, 6) is 0.529. The van der Waals surface area contributed by atoms with Crippen molar-refractivity contribution >= 4 is 24.5 Å². The molecule has 0 aromatic heterocycles. The van der Waals surface area contributed by atoms with Gasteiger partial charge in [0.05, 0.1) is 0 Å². The maximum Gasteiger partial charge on any atom is 0.0349 e. The monoisotopic (exact) mass is 142 g/mol. The number of hydrogen-bond acceptors (Lipinski definition) is 1. The molecule has 55 valence electrons. The van der Waals surface area contributed by atoms with Crippen LogP contribution in [0.2, 0.25) is 0 Å². The molecule has 1 aromatic rings. The van der Waals surface area contributed by atoms with Gasteiger partial charge in [0, 0.05) is 24.5 Å². The molecule has 0 aliphatic carbocycles. The molecule has 0 unspecified atom stereocenters. The maximum atomic E-state index is 5.72. The van der Waals surface area contributed by atoms with Crippen molar-refractivity contribution in [3.8, 4) is 0 Å². The Bertz CT molecular complexity index is 221. The molecule has 11 heavy (non-hydrogen) atoms. The van der Waals surface area contributed by atoms with E-state index in [-0.39, 0.29) is 18.9 Å². The molecule has 1 radical (unpaired) electrons. The third-order valence-corrected chi connectivity index (χ3v) is 1.62. The zero-order valence-corrected chi connectivity index (χ0v) is 7.46. The quantitative estimate of drug-likeness (QED) is 0.471. The van der Waals surface area contributed by atoms with Gasteiger partial charge in [-0.15, -0.1) is 0 Å². The van der Waals surface area contributed by atoms with E-state index in [9.17, 15) is 0 Å². The van der Waals surface area contributed by atoms with E-state index in [1.165, 1.54) is 5.56 Å². The molecule has 0 saturated carbocycles. The van der Waals surface area contributed by atoms with Crippen LogP contribution in [0, 0.1) is 0 Å². The molecule has 0 amide bonds. The zero-order chi connectivity index (χ0) is 7.56. The zero-order valence-electron chi connectivity index (χ0n) is 7.46. The number of hydrogen-bond donors (Lipinski definition) is 1. The third-order valence-electron chi connectivity index (χ3n) is 1.62. The fourth-order valence-corrected chi connectivity index (χ4v) is 1.04. The van der Waals surface area contributed by atoms with Gasteiger partial charge in [-0.3, -0.25) is 0 Å². The molecule has 1 rings (SSSR count). The Morgan fingerprint density at radius 1 is 1.18 bits per heavy atom. The first-order valence-corrected chi connectivity index (χ1v) is 3.56. The number of rotatable bonds is 1. The van der Waals surface area contributed by atoms with E-state index in [1.807, 2.05) is 18.2 Å². The summed E-state index contributed by atoms with van der Waals surface area (Å²) in [5, 5.41) is 0. The molecular formula is C9H13LiN. The minimum Gasteiger partial charge on any atom is -0.398 e. The van der Waals surface area contributed by atoms with Gasteiger partial charge in [0.15, 0.2) is 0 Å². The van der Waals surface area contributed by atoms with Crippen molar-refractivity contribution in [1.82, 2.24) is 0 Å². The molecule has 1 nitrogen and oxygen atoms in total. The summed E-state index contributed by atoms with van der Waals surface area (Å²) >= 11 is 0. The largest absolute Gasteiger partial charge is 0.398 e. The van der Waals surface area contributed by atoms with E-state index in [0.717, 1.165) is 5.69 Å². The number of benzene rings is 1. The molecule has 0 aliphatic heterocycles. The SMILES string of the molecule is CC(C)c1ccccc1N.[Li]. The predicted octanol–water partition coefficient (Wildman–Crippen LogP) is 2.01. The summed E-state index contributed by atoms with van der Waals surface area (Å²) in [5.41, 5.74) is 7.86. The second-order valence-electron chi connectivity index (χ2n) is 2.78. The van der Waals surface area contributed by atoms with Crippen LogP contribution < -0.4 is 5.73 Å². The smallest absolute Gasteiger partial charge is 0.0349 e. The Labute approximate surface area is 80.2 Å². The van der Waals surface area contributed by atoms with E-state index >= 15 is 0 Å². The van der Waals surface area contributed by atoms with E-state index in [1.54, 1.807) is 0 Å². The second kappa shape index (κ2) is 4.49. The van der Waals surface area contributed by atoms with Crippen LogP contribution in [0.25, 0.3) is 0 Å². The van der Waals surface area contributed by atoms with E-state index in [0.29, 0.717) is 5.92 Å². The molecule has 2 N–H and O–H groups in total. The average Bonchev–Trinajstić information content (AvgIpc) is 1.88. The molecule has 1 aromatic carbocycles. The number of nitrogen functional groups attached to an aromatic ring is 1. The van der Waals surface area contributed by atoms with Crippen LogP contribution >= 0.6 is 0 Å². The molecule has 0 aliphatic rings. The number of para-hydroxylation sites is 1. The Hall–Kier alpha value is -0.383. The van der Waals surface area contributed by atoms with E-state index in [4.69, 9.17) is 5.73 Å². The topological polar surface area (TPSA) is 26.0 Å². The van der Waals surface area contributed by atoms with Gasteiger partial charge in [-0.05, 0) is 17.5 Å². The minimum atomic E-state index is 0. The van der Waals surface area contributed by atoms with Crippen LogP contribution in [0.4, 0.5) is 5.69 Å². The van der Waals surface area contributed by atoms with E-state index < -0.39 is 0 Å². The summed E-state index contributed by atoms with van der Waals surface area (Å²) in [4.78, 5) is 0. The molecule has 0 bridgehead atoms. The van der Waals surface area contributed by atoms with Crippen LogP contribution in [0.1, 0.15) is 25.3 Å². The number of nitrogens with two attached hydrogens (primary N) is 1. The Morgan fingerprint density at radius 3 is 2.09 bits per heavy atom. The van der Waals surface area contributed by atoms with Crippen LogP contribution in [-0.2, 0) is 0 Å². The second-order valence-corrected chi connectivity index (χ2v) is 2.78. The summed E-state index contributed by atoms with van der Waals surface area (Å²) < 4.78 is 0. The average molecular weight is 142 g/mol. The maximum absolute atomic E-state index is 5.72. The molecule has 0 fully saturated rings. The van der Waals surface area contributed by atoms with Gasteiger partial charge in [0.1, 0.15) is 0 Å². The van der Waals surface area contributed by atoms with Gasteiger partial charge in [0.25, 0.3) is 0 Å². The van der Waals surface area contributed by atoms with Crippen molar-refractivity contribution in [2.45, 2.75) is 19.8 Å². The Kier molecular flexibility index (Phi) is 4.33. The van der Waals surface area contributed by atoms with Crippen molar-refractivity contribution in [2.75, 3.05) is 5.73 Å². The van der Waals surface area contributed by atoms with Gasteiger partial charge < -0.3 is 5.73 Å². The molecule has 0 spiro atoms. The van der Waals surface area contributed by atoms with Crippen molar-refractivity contribution in [2.24, 2.45) is 0 Å². The summed E-state index contributed by atoms with van der Waals surface area (Å²) in [6, 6.07) is 7.99. The summed E-state index contributed by atoms with van der Waals surface area (Å²) in [6.07, 6.45) is 0. The first-order chi connectivity index (χ1) is 4.72. The predicted molar refractivity (Wildman–Crippen MR) is 50.7 cm³/mol. The van der Waals surface area contributed by atoms with E-state index in [2.05, 4.69) is 19.9 Å². The molecule has 2 heteroatoms. The third kappa shape index (κ3) is 2.61. The fraction of sp³-hybridized carbons (Fsp3) is 0.333. The van der Waals surface area contributed by atoms with Gasteiger partial charge in [-0.2, -0.15) is 0 Å². The van der Waals surface area contributed by atoms with Crippen molar-refractivity contribution in [3.05, 3.63) is 29.8 Å². The van der Waals surface area contributed by atoms with Crippen LogP contribution in [0.5, 0.6) is 0 Å². The molecular weight excluding hydrogens is 129 g/mol. The van der Waals surface area contributed by atoms with Crippen molar-refractivity contribution < 1.29 is 0 Å². The minimum absolute atomic E-state index is 0. The number of anilines is 1. The van der Waals surface area contributed by atoms with Gasteiger partial charge in [-0.25, -0.2) is 0 Å². The van der Waals surface area contributed by atoms with Gasteiger partial charge >= 0.3 is 0 Å². The summed E-state index contributed by atoms with van der Waals surface area (Å²) in [6.45, 7) is 4.29. The van der Waals surface area contributed by atoms with Crippen molar-refractivity contribution in [1.29, 1.82) is 0 Å². The van der Waals surface area contributed by atoms with Crippen LogP contribution in [-0.4, -0.2) is 18.9 Å². The first kappa shape index (κ1) is 10.6. The Balaban J connectivity index is 0.000001000. The molecule has 0 heterocycles. The standard InChI is InChI=1S/C9H13N.Li/c1-7(2)8-5-3-4-6-9(8)10;/h3-7H,10H2,1-2H3;. The fourth-order valence-electron chi connectivity index (χ4n) is 1.04. The first-order valence-electron chi connectivity index (χ1n) is 3.56. The van der Waals surface area contributed by atoms with Gasteiger partial charge in [-0.1, -0.05) is 32.0 Å². The van der Waals surface area contributed by atoms with Crippen LogP contribution in [0.3, 0.4) is 0 Å².